The highest BCUT2D eigenvalue weighted by Crippen LogP contribution is 2.23. The fraction of sp³-hybridized carbons (Fsp3) is 0.538. The first-order chi connectivity index (χ1) is 7.81. The van der Waals surface area contributed by atoms with Crippen LogP contribution in [0.15, 0.2) is 24.3 Å². The van der Waals surface area contributed by atoms with Crippen molar-refractivity contribution in [2.45, 2.75) is 12.8 Å². The predicted octanol–water partition coefficient (Wildman–Crippen LogP) is 2.96. The van der Waals surface area contributed by atoms with Crippen molar-refractivity contribution in [1.29, 1.82) is 0 Å². The van der Waals surface area contributed by atoms with Gasteiger partial charge in [0.2, 0.25) is 0 Å². The third-order valence-corrected chi connectivity index (χ3v) is 3.35. The molecule has 0 atom stereocenters. The minimum Gasteiger partial charge on any atom is -0.373 e. The molecule has 2 rings (SSSR count). The first kappa shape index (κ1) is 11.6. The van der Waals surface area contributed by atoms with Gasteiger partial charge in [-0.05, 0) is 37.1 Å². The second-order valence-electron chi connectivity index (χ2n) is 4.32. The molecule has 0 N–H and O–H groups in total. The molecule has 88 valence electrons. The van der Waals surface area contributed by atoms with Crippen LogP contribution in [0.4, 0.5) is 11.4 Å². The zero-order valence-corrected chi connectivity index (χ0v) is 10.6. The maximum absolute atomic E-state index is 5.73. The van der Waals surface area contributed by atoms with Gasteiger partial charge in [-0.3, -0.25) is 0 Å². The summed E-state index contributed by atoms with van der Waals surface area (Å²) in [6, 6.07) is 8.79. The normalized spacial score (nSPS) is 15.5. The Morgan fingerprint density at radius 1 is 1.19 bits per heavy atom. The highest BCUT2D eigenvalue weighted by molar-refractivity contribution is 6.18. The average Bonchev–Trinajstić information content (AvgIpc) is 2.83. The molecule has 3 heteroatoms. The molecular weight excluding hydrogens is 220 g/mol. The van der Waals surface area contributed by atoms with Crippen LogP contribution in [0.3, 0.4) is 0 Å². The van der Waals surface area contributed by atoms with E-state index in [4.69, 9.17) is 11.6 Å². The molecule has 1 aliphatic rings. The van der Waals surface area contributed by atoms with Crippen LogP contribution in [0.2, 0.25) is 0 Å². The standard InChI is InChI=1S/C13H19ClN2/c1-15(11-8-14)12-4-6-13(7-5-12)16-9-2-3-10-16/h4-7H,2-3,8-11H2,1H3. The Morgan fingerprint density at radius 3 is 2.38 bits per heavy atom. The molecule has 0 bridgehead atoms. The van der Waals surface area contributed by atoms with E-state index in [0.29, 0.717) is 5.88 Å². The van der Waals surface area contributed by atoms with Crippen molar-refractivity contribution in [3.63, 3.8) is 0 Å². The van der Waals surface area contributed by atoms with E-state index in [1.165, 1.54) is 37.3 Å². The fourth-order valence-electron chi connectivity index (χ4n) is 2.15. The van der Waals surface area contributed by atoms with Crippen molar-refractivity contribution >= 4 is 23.0 Å². The summed E-state index contributed by atoms with van der Waals surface area (Å²) in [6.45, 7) is 3.30. The molecule has 16 heavy (non-hydrogen) atoms. The van der Waals surface area contributed by atoms with Crippen molar-refractivity contribution in [3.05, 3.63) is 24.3 Å². The maximum Gasteiger partial charge on any atom is 0.0399 e. The first-order valence-electron chi connectivity index (χ1n) is 5.93. The Labute approximate surface area is 103 Å². The van der Waals surface area contributed by atoms with Crippen molar-refractivity contribution in [1.82, 2.24) is 0 Å². The first-order valence-corrected chi connectivity index (χ1v) is 6.47. The second-order valence-corrected chi connectivity index (χ2v) is 4.70. The van der Waals surface area contributed by atoms with Crippen LogP contribution in [0, 0.1) is 0 Å². The van der Waals surface area contributed by atoms with Gasteiger partial charge in [0.25, 0.3) is 0 Å². The van der Waals surface area contributed by atoms with Crippen molar-refractivity contribution in [2.24, 2.45) is 0 Å². The van der Waals surface area contributed by atoms with Gasteiger partial charge in [0.15, 0.2) is 0 Å². The molecule has 0 radical (unpaired) electrons. The minimum atomic E-state index is 0.671. The molecule has 1 fully saturated rings. The third-order valence-electron chi connectivity index (χ3n) is 3.18. The van der Waals surface area contributed by atoms with E-state index in [1.807, 2.05) is 0 Å². The number of nitrogens with zero attached hydrogens (tertiary/aromatic N) is 2. The fourth-order valence-corrected chi connectivity index (χ4v) is 2.40. The summed E-state index contributed by atoms with van der Waals surface area (Å²) in [5.74, 6) is 0.671. The van der Waals surface area contributed by atoms with Crippen LogP contribution in [0.1, 0.15) is 12.8 Å². The molecule has 0 aromatic heterocycles. The highest BCUT2D eigenvalue weighted by atomic mass is 35.5. The summed E-state index contributed by atoms with van der Waals surface area (Å²) in [4.78, 5) is 4.63. The van der Waals surface area contributed by atoms with Crippen LogP contribution in [0.25, 0.3) is 0 Å². The lowest BCUT2D eigenvalue weighted by atomic mass is 10.2. The molecule has 0 amide bonds. The van der Waals surface area contributed by atoms with E-state index >= 15 is 0 Å². The Bertz CT molecular complexity index is 317. The molecule has 2 nitrogen and oxygen atoms in total. The average molecular weight is 239 g/mol. The highest BCUT2D eigenvalue weighted by Gasteiger charge is 2.11. The minimum absolute atomic E-state index is 0.671. The van der Waals surface area contributed by atoms with E-state index in [0.717, 1.165) is 6.54 Å². The lowest BCUT2D eigenvalue weighted by Crippen LogP contribution is -2.20. The number of alkyl halides is 1. The molecule has 1 aromatic rings. The van der Waals surface area contributed by atoms with E-state index in [-0.39, 0.29) is 0 Å². The molecule has 1 aliphatic heterocycles. The zero-order valence-electron chi connectivity index (χ0n) is 9.82. The van der Waals surface area contributed by atoms with Crippen LogP contribution in [-0.4, -0.2) is 32.6 Å². The Balaban J connectivity index is 2.03. The van der Waals surface area contributed by atoms with Gasteiger partial charge in [0.1, 0.15) is 0 Å². The number of rotatable bonds is 4. The quantitative estimate of drug-likeness (QED) is 0.745. The molecule has 0 spiro atoms. The number of hydrogen-bond donors (Lipinski definition) is 0. The SMILES string of the molecule is CN(CCCl)c1ccc(N2CCCC2)cc1. The number of benzene rings is 1. The summed E-state index contributed by atoms with van der Waals surface area (Å²) in [7, 11) is 2.08. The van der Waals surface area contributed by atoms with Gasteiger partial charge < -0.3 is 9.80 Å². The molecular formula is C13H19ClN2. The van der Waals surface area contributed by atoms with E-state index in [1.54, 1.807) is 0 Å². The van der Waals surface area contributed by atoms with Gasteiger partial charge in [0, 0.05) is 43.9 Å². The largest absolute Gasteiger partial charge is 0.373 e. The Morgan fingerprint density at radius 2 is 1.81 bits per heavy atom. The van der Waals surface area contributed by atoms with Crippen LogP contribution in [-0.2, 0) is 0 Å². The van der Waals surface area contributed by atoms with Crippen molar-refractivity contribution in [2.75, 3.05) is 42.4 Å². The maximum atomic E-state index is 5.73. The monoisotopic (exact) mass is 238 g/mol. The van der Waals surface area contributed by atoms with Gasteiger partial charge in [-0.25, -0.2) is 0 Å². The number of hydrogen-bond acceptors (Lipinski definition) is 2. The lowest BCUT2D eigenvalue weighted by molar-refractivity contribution is 0.949. The summed E-state index contributed by atoms with van der Waals surface area (Å²) >= 11 is 5.73. The van der Waals surface area contributed by atoms with Crippen LogP contribution in [0.5, 0.6) is 0 Å². The Hall–Kier alpha value is -0.890. The molecule has 0 unspecified atom stereocenters. The van der Waals surface area contributed by atoms with Gasteiger partial charge in [-0.15, -0.1) is 11.6 Å². The second kappa shape index (κ2) is 5.44. The molecule has 1 aromatic carbocycles. The van der Waals surface area contributed by atoms with Gasteiger partial charge >= 0.3 is 0 Å². The summed E-state index contributed by atoms with van der Waals surface area (Å²) in [5.41, 5.74) is 2.59. The van der Waals surface area contributed by atoms with E-state index in [2.05, 4.69) is 41.1 Å². The van der Waals surface area contributed by atoms with Gasteiger partial charge in [-0.2, -0.15) is 0 Å². The number of anilines is 2. The van der Waals surface area contributed by atoms with E-state index < -0.39 is 0 Å². The summed E-state index contributed by atoms with van der Waals surface area (Å²) in [5, 5.41) is 0. The lowest BCUT2D eigenvalue weighted by Gasteiger charge is -2.21. The van der Waals surface area contributed by atoms with Crippen LogP contribution < -0.4 is 9.80 Å². The predicted molar refractivity (Wildman–Crippen MR) is 71.9 cm³/mol. The molecule has 0 saturated carbocycles. The molecule has 0 aliphatic carbocycles. The van der Waals surface area contributed by atoms with Crippen molar-refractivity contribution < 1.29 is 0 Å². The van der Waals surface area contributed by atoms with E-state index in [9.17, 15) is 0 Å². The smallest absolute Gasteiger partial charge is 0.0399 e. The molecule has 1 saturated heterocycles. The number of halogens is 1. The topological polar surface area (TPSA) is 6.48 Å². The summed E-state index contributed by atoms with van der Waals surface area (Å²) < 4.78 is 0. The van der Waals surface area contributed by atoms with Crippen LogP contribution >= 0.6 is 11.6 Å². The van der Waals surface area contributed by atoms with Gasteiger partial charge in [0.05, 0.1) is 0 Å². The zero-order chi connectivity index (χ0) is 11.4. The van der Waals surface area contributed by atoms with Gasteiger partial charge in [-0.1, -0.05) is 0 Å². The van der Waals surface area contributed by atoms with Crippen molar-refractivity contribution in [3.8, 4) is 0 Å². The molecule has 1 heterocycles. The summed E-state index contributed by atoms with van der Waals surface area (Å²) in [6.07, 6.45) is 2.65. The third kappa shape index (κ3) is 2.62. The Kier molecular flexibility index (Phi) is 3.94.